The van der Waals surface area contributed by atoms with Gasteiger partial charge in [0.1, 0.15) is 5.00 Å². The van der Waals surface area contributed by atoms with E-state index in [1.807, 2.05) is 0 Å². The van der Waals surface area contributed by atoms with Crippen molar-refractivity contribution in [3.63, 3.8) is 0 Å². The van der Waals surface area contributed by atoms with Crippen LogP contribution in [0.5, 0.6) is 0 Å². The number of thiophene rings is 1. The highest BCUT2D eigenvalue weighted by Gasteiger charge is 2.35. The van der Waals surface area contributed by atoms with E-state index < -0.39 is 17.8 Å². The summed E-state index contributed by atoms with van der Waals surface area (Å²) in [4.78, 5) is 36.1. The molecule has 7 heteroatoms. The maximum Gasteiger partial charge on any atom is 0.341 e. The van der Waals surface area contributed by atoms with Gasteiger partial charge in [-0.25, -0.2) is 4.79 Å². The molecule has 2 N–H and O–H groups in total. The lowest BCUT2D eigenvalue weighted by molar-refractivity contribution is -0.138. The SMILES string of the molecule is CCC(C)(C)[C@@H]1CCc2c(sc(NC(=O)CCC(=O)O)c2C(=O)OC)C1. The number of hydrogen-bond acceptors (Lipinski definition) is 5. The Bertz CT molecular complexity index is 707. The molecule has 2 rings (SSSR count). The standard InChI is InChI=1S/C19H27NO5S/c1-5-19(2,3)11-6-7-12-13(10-11)26-17(16(12)18(24)25-4)20-14(21)8-9-15(22)23/h11H,5-10H2,1-4H3,(H,20,21)(H,22,23)/t11-/m1/s1. The number of anilines is 1. The molecular weight excluding hydrogens is 354 g/mol. The Morgan fingerprint density at radius 2 is 2.00 bits per heavy atom. The minimum Gasteiger partial charge on any atom is -0.481 e. The fourth-order valence-electron chi connectivity index (χ4n) is 3.36. The zero-order chi connectivity index (χ0) is 19.5. The first-order valence-corrected chi connectivity index (χ1v) is 9.75. The summed E-state index contributed by atoms with van der Waals surface area (Å²) in [7, 11) is 1.33. The van der Waals surface area contributed by atoms with Crippen LogP contribution in [0.15, 0.2) is 0 Å². The van der Waals surface area contributed by atoms with Crippen molar-refractivity contribution in [2.24, 2.45) is 11.3 Å². The van der Waals surface area contributed by atoms with Crippen LogP contribution in [-0.4, -0.2) is 30.1 Å². The van der Waals surface area contributed by atoms with Crippen LogP contribution < -0.4 is 5.32 Å². The van der Waals surface area contributed by atoms with E-state index >= 15 is 0 Å². The molecule has 1 aliphatic carbocycles. The summed E-state index contributed by atoms with van der Waals surface area (Å²) in [5, 5.41) is 11.9. The van der Waals surface area contributed by atoms with E-state index in [0.29, 0.717) is 16.5 Å². The molecule has 0 aliphatic heterocycles. The highest BCUT2D eigenvalue weighted by atomic mass is 32.1. The Kier molecular flexibility index (Phi) is 6.44. The van der Waals surface area contributed by atoms with Crippen molar-refractivity contribution in [2.75, 3.05) is 12.4 Å². The van der Waals surface area contributed by atoms with E-state index in [1.165, 1.54) is 18.4 Å². The number of rotatable bonds is 7. The number of aliphatic carboxylic acids is 1. The molecule has 0 bridgehead atoms. The van der Waals surface area contributed by atoms with Gasteiger partial charge in [0.25, 0.3) is 0 Å². The van der Waals surface area contributed by atoms with Gasteiger partial charge in [0.05, 0.1) is 19.1 Å². The fraction of sp³-hybridized carbons (Fsp3) is 0.632. The Morgan fingerprint density at radius 1 is 1.31 bits per heavy atom. The number of amides is 1. The highest BCUT2D eigenvalue weighted by molar-refractivity contribution is 7.17. The molecular formula is C19H27NO5S. The topological polar surface area (TPSA) is 92.7 Å². The van der Waals surface area contributed by atoms with Crippen LogP contribution in [0.25, 0.3) is 0 Å². The molecule has 1 amide bonds. The summed E-state index contributed by atoms with van der Waals surface area (Å²) < 4.78 is 4.92. The molecule has 1 aromatic rings. The van der Waals surface area contributed by atoms with Crippen molar-refractivity contribution in [3.05, 3.63) is 16.0 Å². The average Bonchev–Trinajstić information content (AvgIpc) is 2.96. The van der Waals surface area contributed by atoms with Gasteiger partial charge in [-0.2, -0.15) is 0 Å². The van der Waals surface area contributed by atoms with Crippen LogP contribution in [0.3, 0.4) is 0 Å². The summed E-state index contributed by atoms with van der Waals surface area (Å²) in [6, 6.07) is 0. The maximum atomic E-state index is 12.3. The molecule has 1 aromatic heterocycles. The van der Waals surface area contributed by atoms with Gasteiger partial charge in [0.2, 0.25) is 5.91 Å². The second kappa shape index (κ2) is 8.20. The van der Waals surface area contributed by atoms with Crippen molar-refractivity contribution in [3.8, 4) is 0 Å². The molecule has 1 heterocycles. The van der Waals surface area contributed by atoms with Crippen molar-refractivity contribution >= 4 is 34.2 Å². The van der Waals surface area contributed by atoms with E-state index in [9.17, 15) is 14.4 Å². The van der Waals surface area contributed by atoms with Gasteiger partial charge in [-0.05, 0) is 36.2 Å². The second-order valence-electron chi connectivity index (χ2n) is 7.42. The van der Waals surface area contributed by atoms with Crippen LogP contribution in [0, 0.1) is 11.3 Å². The lowest BCUT2D eigenvalue weighted by Gasteiger charge is -2.36. The third-order valence-corrected chi connectivity index (χ3v) is 6.66. The third kappa shape index (κ3) is 4.44. The Hall–Kier alpha value is -1.89. The van der Waals surface area contributed by atoms with Crippen LogP contribution in [0.2, 0.25) is 0 Å². The fourth-order valence-corrected chi connectivity index (χ4v) is 4.69. The molecule has 1 aliphatic rings. The summed E-state index contributed by atoms with van der Waals surface area (Å²) in [6.45, 7) is 6.73. The number of esters is 1. The first-order valence-electron chi connectivity index (χ1n) is 8.94. The maximum absolute atomic E-state index is 12.3. The summed E-state index contributed by atoms with van der Waals surface area (Å²) in [5.74, 6) is -1.35. The minimum atomic E-state index is -1.02. The Labute approximate surface area is 157 Å². The van der Waals surface area contributed by atoms with Crippen LogP contribution in [-0.2, 0) is 27.2 Å². The van der Waals surface area contributed by atoms with E-state index in [-0.39, 0.29) is 18.3 Å². The zero-order valence-electron chi connectivity index (χ0n) is 15.8. The van der Waals surface area contributed by atoms with Crippen molar-refractivity contribution in [1.29, 1.82) is 0 Å². The molecule has 144 valence electrons. The highest BCUT2D eigenvalue weighted by Crippen LogP contribution is 2.45. The van der Waals surface area contributed by atoms with Gasteiger partial charge in [-0.1, -0.05) is 27.2 Å². The molecule has 0 fully saturated rings. The number of nitrogens with one attached hydrogen (secondary N) is 1. The van der Waals surface area contributed by atoms with Gasteiger partial charge in [-0.15, -0.1) is 11.3 Å². The van der Waals surface area contributed by atoms with Gasteiger partial charge in [0.15, 0.2) is 0 Å². The number of carbonyl (C=O) groups is 3. The number of carboxylic acids is 1. The molecule has 6 nitrogen and oxygen atoms in total. The van der Waals surface area contributed by atoms with Crippen LogP contribution in [0.4, 0.5) is 5.00 Å². The Balaban J connectivity index is 2.28. The van der Waals surface area contributed by atoms with Crippen molar-refractivity contribution in [1.82, 2.24) is 0 Å². The smallest absolute Gasteiger partial charge is 0.341 e. The normalized spacial score (nSPS) is 16.7. The predicted octanol–water partition coefficient (Wildman–Crippen LogP) is 3.88. The van der Waals surface area contributed by atoms with Crippen molar-refractivity contribution < 1.29 is 24.2 Å². The summed E-state index contributed by atoms with van der Waals surface area (Å²) >= 11 is 1.42. The van der Waals surface area contributed by atoms with E-state index in [1.54, 1.807) is 0 Å². The number of carbonyl (C=O) groups excluding carboxylic acids is 2. The molecule has 0 radical (unpaired) electrons. The predicted molar refractivity (Wildman–Crippen MR) is 101 cm³/mol. The molecule has 0 saturated heterocycles. The van der Waals surface area contributed by atoms with Gasteiger partial charge < -0.3 is 15.2 Å². The van der Waals surface area contributed by atoms with Crippen LogP contribution in [0.1, 0.15) is 67.3 Å². The monoisotopic (exact) mass is 381 g/mol. The quantitative estimate of drug-likeness (QED) is 0.699. The van der Waals surface area contributed by atoms with E-state index in [0.717, 1.165) is 36.1 Å². The number of carboxylic acid groups (broad SMARTS) is 1. The first-order chi connectivity index (χ1) is 12.2. The zero-order valence-corrected chi connectivity index (χ0v) is 16.6. The summed E-state index contributed by atoms with van der Waals surface area (Å²) in [6.07, 6.45) is 3.40. The molecule has 1 atom stereocenters. The second-order valence-corrected chi connectivity index (χ2v) is 8.53. The molecule has 26 heavy (non-hydrogen) atoms. The lowest BCUT2D eigenvalue weighted by Crippen LogP contribution is -2.28. The van der Waals surface area contributed by atoms with Gasteiger partial charge in [-0.3, -0.25) is 9.59 Å². The molecule has 0 spiro atoms. The molecule has 0 aromatic carbocycles. The van der Waals surface area contributed by atoms with E-state index in [2.05, 4.69) is 26.1 Å². The number of hydrogen-bond donors (Lipinski definition) is 2. The molecule has 0 saturated carbocycles. The van der Waals surface area contributed by atoms with Gasteiger partial charge >= 0.3 is 11.9 Å². The summed E-state index contributed by atoms with van der Waals surface area (Å²) in [5.41, 5.74) is 1.63. The number of fused-ring (bicyclic) bond motifs is 1. The Morgan fingerprint density at radius 3 is 2.58 bits per heavy atom. The van der Waals surface area contributed by atoms with Gasteiger partial charge in [0, 0.05) is 11.3 Å². The largest absolute Gasteiger partial charge is 0.481 e. The minimum absolute atomic E-state index is 0.121. The van der Waals surface area contributed by atoms with Crippen molar-refractivity contribution in [2.45, 2.75) is 59.3 Å². The third-order valence-electron chi connectivity index (χ3n) is 5.49. The van der Waals surface area contributed by atoms with Crippen LogP contribution >= 0.6 is 11.3 Å². The lowest BCUT2D eigenvalue weighted by atomic mass is 9.69. The van der Waals surface area contributed by atoms with E-state index in [4.69, 9.17) is 9.84 Å². The molecule has 0 unspecified atom stereocenters. The number of ether oxygens (including phenoxy) is 1. The number of methoxy groups -OCH3 is 1. The first kappa shape index (κ1) is 20.4. The average molecular weight is 381 g/mol.